The molecule has 1 fully saturated rings. The van der Waals surface area contributed by atoms with E-state index in [1.54, 1.807) is 26.8 Å². The minimum absolute atomic E-state index is 0.125. The van der Waals surface area contributed by atoms with E-state index >= 15 is 0 Å². The molecule has 0 bridgehead atoms. The van der Waals surface area contributed by atoms with Crippen molar-refractivity contribution in [3.05, 3.63) is 58.6 Å². The molecule has 0 spiro atoms. The molecule has 0 amide bonds. The summed E-state index contributed by atoms with van der Waals surface area (Å²) >= 11 is 6.64. The minimum Gasteiger partial charge on any atom is -0.491 e. The van der Waals surface area contributed by atoms with Gasteiger partial charge >= 0.3 is 5.97 Å². The van der Waals surface area contributed by atoms with Gasteiger partial charge in [0.2, 0.25) is 0 Å². The Bertz CT molecular complexity index is 1080. The number of fused-ring (bicyclic) bond motifs is 1. The van der Waals surface area contributed by atoms with Crippen molar-refractivity contribution in [2.24, 2.45) is 5.41 Å². The van der Waals surface area contributed by atoms with Crippen LogP contribution in [0.5, 0.6) is 17.2 Å². The summed E-state index contributed by atoms with van der Waals surface area (Å²) in [6, 6.07) is 11.6. The molecule has 2 heterocycles. The van der Waals surface area contributed by atoms with Crippen LogP contribution in [0.25, 0.3) is 5.57 Å². The van der Waals surface area contributed by atoms with Crippen LogP contribution in [0.4, 0.5) is 4.39 Å². The summed E-state index contributed by atoms with van der Waals surface area (Å²) in [5, 5.41) is 0.298. The summed E-state index contributed by atoms with van der Waals surface area (Å²) in [4.78, 5) is 14.6. The fourth-order valence-electron chi connectivity index (χ4n) is 4.26. The summed E-state index contributed by atoms with van der Waals surface area (Å²) in [5.74, 6) is 1.29. The number of carbonyl (C=O) groups is 1. The zero-order chi connectivity index (χ0) is 25.0. The van der Waals surface area contributed by atoms with Gasteiger partial charge in [-0.3, -0.25) is 14.1 Å². The van der Waals surface area contributed by atoms with Gasteiger partial charge in [-0.2, -0.15) is 0 Å². The largest absolute Gasteiger partial charge is 0.491 e. The van der Waals surface area contributed by atoms with E-state index < -0.39 is 5.41 Å². The fourth-order valence-corrected chi connectivity index (χ4v) is 4.51. The highest BCUT2D eigenvalue weighted by atomic mass is 35.5. The van der Waals surface area contributed by atoms with Crippen molar-refractivity contribution in [1.29, 1.82) is 0 Å². The second kappa shape index (κ2) is 11.0. The van der Waals surface area contributed by atoms with Crippen LogP contribution < -0.4 is 14.2 Å². The molecule has 188 valence electrons. The molecule has 5 nitrogen and oxygen atoms in total. The number of rotatable bonds is 7. The van der Waals surface area contributed by atoms with Crippen LogP contribution in [0.3, 0.4) is 0 Å². The van der Waals surface area contributed by atoms with Gasteiger partial charge in [0.15, 0.2) is 5.75 Å². The minimum atomic E-state index is -0.642. The molecule has 2 aliphatic rings. The highest BCUT2D eigenvalue weighted by molar-refractivity contribution is 6.34. The van der Waals surface area contributed by atoms with E-state index in [0.717, 1.165) is 54.9 Å². The number of likely N-dealkylation sites (tertiary alicyclic amines) is 1. The first-order valence-electron chi connectivity index (χ1n) is 12.2. The Labute approximate surface area is 211 Å². The van der Waals surface area contributed by atoms with Crippen molar-refractivity contribution in [1.82, 2.24) is 4.90 Å². The first-order chi connectivity index (χ1) is 16.8. The SMILES string of the molecule is CC(C)(C)C(=O)Oc1ccc2c(c1Cl)OCCC=C2c1ccc(O[C@H]2CCN(CCCF)C2)cc1. The van der Waals surface area contributed by atoms with Gasteiger partial charge in [-0.15, -0.1) is 0 Å². The number of ether oxygens (including phenoxy) is 3. The number of hydrogen-bond donors (Lipinski definition) is 0. The fraction of sp³-hybridized carbons (Fsp3) is 0.464. The standard InChI is InChI=1S/C28H33ClFNO4/c1-28(2,3)27(32)35-24-12-11-23-22(6-4-17-33-26(23)25(24)29)19-7-9-20(10-8-19)34-21-13-16-31(18-21)15-5-14-30/h6-12,21H,4-5,13-18H2,1-3H3/t21-/m0/s1. The van der Waals surface area contributed by atoms with Crippen molar-refractivity contribution >= 4 is 23.1 Å². The Balaban J connectivity index is 1.49. The van der Waals surface area contributed by atoms with Crippen molar-refractivity contribution in [2.75, 3.05) is 32.9 Å². The Morgan fingerprint density at radius 3 is 2.69 bits per heavy atom. The van der Waals surface area contributed by atoms with E-state index in [1.165, 1.54) is 0 Å². The van der Waals surface area contributed by atoms with E-state index in [0.29, 0.717) is 29.5 Å². The molecule has 1 saturated heterocycles. The van der Waals surface area contributed by atoms with E-state index in [-0.39, 0.29) is 18.7 Å². The molecular formula is C28H33ClFNO4. The van der Waals surface area contributed by atoms with Gasteiger partial charge in [0.25, 0.3) is 0 Å². The normalized spacial score (nSPS) is 18.3. The second-order valence-corrected chi connectivity index (χ2v) is 10.4. The van der Waals surface area contributed by atoms with E-state index in [2.05, 4.69) is 11.0 Å². The summed E-state index contributed by atoms with van der Waals surface area (Å²) in [6.45, 7) is 8.16. The van der Waals surface area contributed by atoms with Crippen LogP contribution in [0.15, 0.2) is 42.5 Å². The van der Waals surface area contributed by atoms with E-state index in [9.17, 15) is 9.18 Å². The number of benzene rings is 2. The molecule has 35 heavy (non-hydrogen) atoms. The average Bonchev–Trinajstić information content (AvgIpc) is 3.15. The van der Waals surface area contributed by atoms with Gasteiger partial charge in [0, 0.05) is 31.6 Å². The lowest BCUT2D eigenvalue weighted by Crippen LogP contribution is -2.26. The van der Waals surface area contributed by atoms with Crippen molar-refractivity contribution in [2.45, 2.75) is 46.1 Å². The highest BCUT2D eigenvalue weighted by Gasteiger charge is 2.27. The molecule has 0 unspecified atom stereocenters. The second-order valence-electron chi connectivity index (χ2n) is 10.0. The topological polar surface area (TPSA) is 48.0 Å². The number of carbonyl (C=O) groups excluding carboxylic acids is 1. The third kappa shape index (κ3) is 6.17. The number of hydrogen-bond acceptors (Lipinski definition) is 5. The summed E-state index contributed by atoms with van der Waals surface area (Å²) in [7, 11) is 0. The maximum absolute atomic E-state index is 12.4. The quantitative estimate of drug-likeness (QED) is 0.328. The van der Waals surface area contributed by atoms with Crippen molar-refractivity contribution in [3.63, 3.8) is 0 Å². The van der Waals surface area contributed by atoms with Gasteiger partial charge in [-0.1, -0.05) is 29.8 Å². The third-order valence-electron chi connectivity index (χ3n) is 6.18. The molecule has 0 saturated carbocycles. The maximum Gasteiger partial charge on any atom is 0.316 e. The van der Waals surface area contributed by atoms with Crippen molar-refractivity contribution in [3.8, 4) is 17.2 Å². The number of halogens is 2. The van der Waals surface area contributed by atoms with E-state index in [1.807, 2.05) is 30.3 Å². The number of alkyl halides is 1. The Morgan fingerprint density at radius 2 is 1.97 bits per heavy atom. The van der Waals surface area contributed by atoms with Crippen LogP contribution in [0.1, 0.15) is 51.2 Å². The molecule has 4 rings (SSSR count). The van der Waals surface area contributed by atoms with Gasteiger partial charge < -0.3 is 14.2 Å². The Kier molecular flexibility index (Phi) is 8.02. The molecule has 1 atom stereocenters. The molecule has 0 aliphatic carbocycles. The highest BCUT2D eigenvalue weighted by Crippen LogP contribution is 2.44. The van der Waals surface area contributed by atoms with Gasteiger partial charge in [-0.05, 0) is 69.0 Å². The van der Waals surface area contributed by atoms with Crippen LogP contribution in [-0.4, -0.2) is 49.9 Å². The molecule has 0 radical (unpaired) electrons. The van der Waals surface area contributed by atoms with Gasteiger partial charge in [-0.25, -0.2) is 0 Å². The molecule has 2 aliphatic heterocycles. The van der Waals surface area contributed by atoms with E-state index in [4.69, 9.17) is 25.8 Å². The lowest BCUT2D eigenvalue weighted by atomic mass is 9.96. The molecule has 7 heteroatoms. The van der Waals surface area contributed by atoms with Crippen LogP contribution >= 0.6 is 11.6 Å². The zero-order valence-electron chi connectivity index (χ0n) is 20.6. The lowest BCUT2D eigenvalue weighted by Gasteiger charge is -2.19. The Morgan fingerprint density at radius 1 is 1.20 bits per heavy atom. The number of esters is 1. The third-order valence-corrected chi connectivity index (χ3v) is 6.54. The molecule has 2 aromatic carbocycles. The summed E-state index contributed by atoms with van der Waals surface area (Å²) in [6.07, 6.45) is 4.52. The lowest BCUT2D eigenvalue weighted by molar-refractivity contribution is -0.142. The van der Waals surface area contributed by atoms with Crippen LogP contribution in [0, 0.1) is 5.41 Å². The predicted molar refractivity (Wildman–Crippen MR) is 136 cm³/mol. The van der Waals surface area contributed by atoms with Crippen LogP contribution in [0.2, 0.25) is 5.02 Å². The first-order valence-corrected chi connectivity index (χ1v) is 12.6. The summed E-state index contributed by atoms with van der Waals surface area (Å²) < 4.78 is 30.1. The van der Waals surface area contributed by atoms with Crippen LogP contribution in [-0.2, 0) is 4.79 Å². The first kappa shape index (κ1) is 25.5. The number of nitrogens with zero attached hydrogens (tertiary/aromatic N) is 1. The predicted octanol–water partition coefficient (Wildman–Crippen LogP) is 6.32. The van der Waals surface area contributed by atoms with Gasteiger partial charge in [0.1, 0.15) is 22.6 Å². The molecule has 0 aromatic heterocycles. The maximum atomic E-state index is 12.4. The van der Waals surface area contributed by atoms with Crippen molar-refractivity contribution < 1.29 is 23.4 Å². The zero-order valence-corrected chi connectivity index (χ0v) is 21.4. The molecular weight excluding hydrogens is 469 g/mol. The smallest absolute Gasteiger partial charge is 0.316 e. The Hall–Kier alpha value is -2.57. The molecule has 2 aromatic rings. The average molecular weight is 502 g/mol. The monoisotopic (exact) mass is 501 g/mol. The van der Waals surface area contributed by atoms with Gasteiger partial charge in [0.05, 0.1) is 18.7 Å². The molecule has 0 N–H and O–H groups in total. The summed E-state index contributed by atoms with van der Waals surface area (Å²) in [5.41, 5.74) is 2.25.